The lowest BCUT2D eigenvalue weighted by molar-refractivity contribution is -0.122. The average Bonchev–Trinajstić information content (AvgIpc) is 2.79. The molecule has 0 atom stereocenters. The molecule has 0 bridgehead atoms. The van der Waals surface area contributed by atoms with Crippen LogP contribution >= 0.6 is 58.0 Å². The minimum absolute atomic E-state index is 0.0139. The van der Waals surface area contributed by atoms with Gasteiger partial charge in [-0.2, -0.15) is 0 Å². The molecular formula is C25H15Cl5N2O4. The Labute approximate surface area is 231 Å². The van der Waals surface area contributed by atoms with E-state index in [2.05, 4.69) is 5.32 Å². The number of imide groups is 2. The number of benzene rings is 3. The molecule has 4 rings (SSSR count). The SMILES string of the molecule is Cc1ccc(Cl)cc1N1C(=O)NC(=O)/C(=C\c2cc(Cl)cc(Cl)c2OCc2ccc(Cl)cc2Cl)C1=O. The van der Waals surface area contributed by atoms with Crippen molar-refractivity contribution in [1.82, 2.24) is 5.32 Å². The lowest BCUT2D eigenvalue weighted by Crippen LogP contribution is -2.54. The van der Waals surface area contributed by atoms with Crippen LogP contribution in [0.25, 0.3) is 6.08 Å². The van der Waals surface area contributed by atoms with E-state index >= 15 is 0 Å². The maximum absolute atomic E-state index is 13.3. The maximum Gasteiger partial charge on any atom is 0.335 e. The Morgan fingerprint density at radius 1 is 0.861 bits per heavy atom. The summed E-state index contributed by atoms with van der Waals surface area (Å²) in [5, 5.41) is 3.73. The van der Waals surface area contributed by atoms with Gasteiger partial charge in [-0.15, -0.1) is 0 Å². The van der Waals surface area contributed by atoms with Crippen molar-refractivity contribution in [3.63, 3.8) is 0 Å². The molecule has 0 unspecified atom stereocenters. The first kappa shape index (κ1) is 26.3. The van der Waals surface area contributed by atoms with Gasteiger partial charge in [0.2, 0.25) is 0 Å². The highest BCUT2D eigenvalue weighted by molar-refractivity contribution is 6.40. The zero-order valence-corrected chi connectivity index (χ0v) is 22.2. The summed E-state index contributed by atoms with van der Waals surface area (Å²) < 4.78 is 5.91. The smallest absolute Gasteiger partial charge is 0.335 e. The van der Waals surface area contributed by atoms with Crippen LogP contribution in [-0.4, -0.2) is 17.8 Å². The Bertz CT molecular complexity index is 1450. The fourth-order valence-electron chi connectivity index (χ4n) is 3.48. The highest BCUT2D eigenvalue weighted by Crippen LogP contribution is 2.36. The number of ether oxygens (including phenoxy) is 1. The molecule has 0 radical (unpaired) electrons. The molecule has 0 spiro atoms. The summed E-state index contributed by atoms with van der Waals surface area (Å²) in [5.74, 6) is -1.58. The largest absolute Gasteiger partial charge is 0.487 e. The summed E-state index contributed by atoms with van der Waals surface area (Å²) in [6, 6.07) is 11.7. The Kier molecular flexibility index (Phi) is 7.83. The van der Waals surface area contributed by atoms with Gasteiger partial charge in [0.15, 0.2) is 0 Å². The summed E-state index contributed by atoms with van der Waals surface area (Å²) in [6.07, 6.45) is 1.26. The van der Waals surface area contributed by atoms with Crippen LogP contribution in [0.3, 0.4) is 0 Å². The molecular weight excluding hydrogens is 570 g/mol. The molecule has 11 heteroatoms. The van der Waals surface area contributed by atoms with Gasteiger partial charge in [-0.1, -0.05) is 70.1 Å². The van der Waals surface area contributed by atoms with Crippen LogP contribution in [-0.2, 0) is 16.2 Å². The highest BCUT2D eigenvalue weighted by Gasteiger charge is 2.37. The third-order valence-electron chi connectivity index (χ3n) is 5.24. The van der Waals surface area contributed by atoms with Crippen LogP contribution in [0.15, 0.2) is 54.1 Å². The van der Waals surface area contributed by atoms with Gasteiger partial charge in [-0.25, -0.2) is 9.69 Å². The normalized spacial score (nSPS) is 14.9. The summed E-state index contributed by atoms with van der Waals surface area (Å²) in [6.45, 7) is 1.72. The van der Waals surface area contributed by atoms with Gasteiger partial charge >= 0.3 is 6.03 Å². The molecule has 3 aromatic rings. The molecule has 1 aliphatic rings. The zero-order chi connectivity index (χ0) is 26.1. The number of amides is 4. The van der Waals surface area contributed by atoms with E-state index in [0.717, 1.165) is 4.90 Å². The third kappa shape index (κ3) is 5.48. The molecule has 0 saturated carbocycles. The Hall–Kier alpha value is -2.74. The number of hydrogen-bond acceptors (Lipinski definition) is 4. The molecule has 1 N–H and O–H groups in total. The first-order valence-corrected chi connectivity index (χ1v) is 12.2. The fraction of sp³-hybridized carbons (Fsp3) is 0.0800. The van der Waals surface area contributed by atoms with Gasteiger partial charge in [0.25, 0.3) is 11.8 Å². The molecule has 184 valence electrons. The van der Waals surface area contributed by atoms with Crippen LogP contribution in [0.1, 0.15) is 16.7 Å². The number of carbonyl (C=O) groups is 3. The van der Waals surface area contributed by atoms with E-state index in [1.54, 1.807) is 37.3 Å². The van der Waals surface area contributed by atoms with Crippen molar-refractivity contribution in [1.29, 1.82) is 0 Å². The van der Waals surface area contributed by atoms with Gasteiger partial charge in [0.05, 0.1) is 10.7 Å². The van der Waals surface area contributed by atoms with Gasteiger partial charge < -0.3 is 4.74 Å². The number of urea groups is 1. The summed E-state index contributed by atoms with van der Waals surface area (Å²) in [7, 11) is 0. The van der Waals surface area contributed by atoms with Crippen molar-refractivity contribution >= 4 is 87.6 Å². The van der Waals surface area contributed by atoms with E-state index in [9.17, 15) is 14.4 Å². The fourth-order valence-corrected chi connectivity index (χ4v) is 4.68. The van der Waals surface area contributed by atoms with E-state index < -0.39 is 17.8 Å². The van der Waals surface area contributed by atoms with Crippen molar-refractivity contribution in [2.75, 3.05) is 4.90 Å². The first-order chi connectivity index (χ1) is 17.0. The molecule has 1 saturated heterocycles. The minimum Gasteiger partial charge on any atom is -0.487 e. The molecule has 4 amide bonds. The van der Waals surface area contributed by atoms with E-state index in [-0.39, 0.29) is 39.2 Å². The Balaban J connectivity index is 1.74. The second-order valence-electron chi connectivity index (χ2n) is 7.72. The van der Waals surface area contributed by atoms with Crippen LogP contribution < -0.4 is 15.0 Å². The monoisotopic (exact) mass is 582 g/mol. The molecule has 1 aliphatic heterocycles. The number of barbiturate groups is 1. The van der Waals surface area contributed by atoms with E-state index in [1.807, 2.05) is 0 Å². The van der Waals surface area contributed by atoms with Crippen molar-refractivity contribution in [2.24, 2.45) is 0 Å². The predicted octanol–water partition coefficient (Wildman–Crippen LogP) is 7.51. The Morgan fingerprint density at radius 2 is 1.53 bits per heavy atom. The number of hydrogen-bond donors (Lipinski definition) is 1. The second kappa shape index (κ2) is 10.7. The topological polar surface area (TPSA) is 75.7 Å². The quantitative estimate of drug-likeness (QED) is 0.249. The third-order valence-corrected chi connectivity index (χ3v) is 6.56. The second-order valence-corrected chi connectivity index (χ2v) is 9.84. The lowest BCUT2D eigenvalue weighted by atomic mass is 10.0. The van der Waals surface area contributed by atoms with Gasteiger partial charge in [-0.05, 0) is 55.0 Å². The van der Waals surface area contributed by atoms with Crippen molar-refractivity contribution in [3.8, 4) is 5.75 Å². The maximum atomic E-state index is 13.3. The number of anilines is 1. The number of aryl methyl sites for hydroxylation is 1. The van der Waals surface area contributed by atoms with Crippen molar-refractivity contribution in [2.45, 2.75) is 13.5 Å². The van der Waals surface area contributed by atoms with Gasteiger partial charge in [0.1, 0.15) is 17.9 Å². The van der Waals surface area contributed by atoms with Crippen LogP contribution in [0.2, 0.25) is 25.1 Å². The molecule has 3 aromatic carbocycles. The van der Waals surface area contributed by atoms with Crippen molar-refractivity contribution in [3.05, 3.63) is 95.9 Å². The molecule has 1 heterocycles. The average molecular weight is 585 g/mol. The van der Waals surface area contributed by atoms with Crippen LogP contribution in [0, 0.1) is 6.92 Å². The lowest BCUT2D eigenvalue weighted by Gasteiger charge is -2.27. The summed E-state index contributed by atoms with van der Waals surface area (Å²) in [5.41, 5.74) is 1.38. The van der Waals surface area contributed by atoms with Gasteiger partial charge in [-0.3, -0.25) is 14.9 Å². The van der Waals surface area contributed by atoms with E-state index in [0.29, 0.717) is 26.2 Å². The summed E-state index contributed by atoms with van der Waals surface area (Å²) in [4.78, 5) is 39.4. The number of nitrogens with one attached hydrogen (secondary N) is 1. The first-order valence-electron chi connectivity index (χ1n) is 10.3. The molecule has 0 aromatic heterocycles. The molecule has 6 nitrogen and oxygen atoms in total. The molecule has 1 fully saturated rings. The van der Waals surface area contributed by atoms with Crippen LogP contribution in [0.5, 0.6) is 5.75 Å². The standard InChI is InChI=1S/C25H15Cl5N2O4/c1-12-2-4-16(27)10-21(12)32-24(34)18(23(33)31-25(32)35)7-14-6-17(28)9-20(30)22(14)36-11-13-3-5-15(26)8-19(13)29/h2-10H,11H2,1H3,(H,31,33,35)/b18-7+. The summed E-state index contributed by atoms with van der Waals surface area (Å²) >= 11 is 30.8. The Morgan fingerprint density at radius 3 is 2.25 bits per heavy atom. The van der Waals surface area contributed by atoms with Crippen LogP contribution in [0.4, 0.5) is 10.5 Å². The number of nitrogens with zero attached hydrogens (tertiary/aromatic N) is 1. The number of rotatable bonds is 5. The number of carbonyl (C=O) groups excluding carboxylic acids is 3. The highest BCUT2D eigenvalue weighted by atomic mass is 35.5. The van der Waals surface area contributed by atoms with Crippen molar-refractivity contribution < 1.29 is 19.1 Å². The molecule has 0 aliphatic carbocycles. The van der Waals surface area contributed by atoms with Gasteiger partial charge in [0, 0.05) is 31.2 Å². The van der Waals surface area contributed by atoms with E-state index in [4.69, 9.17) is 62.7 Å². The zero-order valence-electron chi connectivity index (χ0n) is 18.4. The number of halogens is 5. The minimum atomic E-state index is -0.898. The predicted molar refractivity (Wildman–Crippen MR) is 142 cm³/mol. The van der Waals surface area contributed by atoms with E-state index in [1.165, 1.54) is 24.3 Å². The molecule has 36 heavy (non-hydrogen) atoms.